The topological polar surface area (TPSA) is 82.1 Å². The lowest BCUT2D eigenvalue weighted by Gasteiger charge is -2.26. The molecule has 0 heterocycles. The Labute approximate surface area is 201 Å². The molecule has 0 bridgehead atoms. The van der Waals surface area contributed by atoms with E-state index < -0.39 is 20.1 Å². The fraction of sp³-hybridized carbons (Fsp3) is 0.958. The van der Waals surface area contributed by atoms with Crippen LogP contribution >= 0.6 is 19.6 Å². The van der Waals surface area contributed by atoms with E-state index in [0.29, 0.717) is 6.42 Å². The fourth-order valence-corrected chi connectivity index (χ4v) is 6.25. The molecule has 0 aromatic heterocycles. The van der Waals surface area contributed by atoms with Gasteiger partial charge in [-0.3, -0.25) is 9.05 Å². The van der Waals surface area contributed by atoms with Crippen molar-refractivity contribution >= 4 is 25.7 Å². The first-order valence-electron chi connectivity index (χ1n) is 12.9. The van der Waals surface area contributed by atoms with Crippen LogP contribution in [0.1, 0.15) is 124 Å². The molecule has 0 spiro atoms. The van der Waals surface area contributed by atoms with Crippen LogP contribution in [-0.4, -0.2) is 35.0 Å². The van der Waals surface area contributed by atoms with Crippen molar-refractivity contribution < 1.29 is 28.0 Å². The number of hydrogen-bond acceptors (Lipinski definition) is 6. The van der Waals surface area contributed by atoms with Crippen LogP contribution in [0.15, 0.2) is 0 Å². The quantitative estimate of drug-likeness (QED) is 0.111. The molecule has 0 aromatic carbocycles. The van der Waals surface area contributed by atoms with Gasteiger partial charge in [-0.2, -0.15) is 11.8 Å². The van der Waals surface area contributed by atoms with Gasteiger partial charge in [0.15, 0.2) is 0 Å². The lowest BCUT2D eigenvalue weighted by Crippen LogP contribution is -2.24. The van der Waals surface area contributed by atoms with Crippen LogP contribution < -0.4 is 0 Å². The van der Waals surface area contributed by atoms with Crippen molar-refractivity contribution in [2.75, 3.05) is 12.4 Å². The van der Waals surface area contributed by atoms with Crippen molar-refractivity contribution in [3.8, 4) is 0 Å². The van der Waals surface area contributed by atoms with Gasteiger partial charge in [0.1, 0.15) is 0 Å². The average molecular weight is 497 g/mol. The van der Waals surface area contributed by atoms with Crippen molar-refractivity contribution in [3.63, 3.8) is 0 Å². The molecule has 3 atom stereocenters. The Kier molecular flexibility index (Phi) is 21.2. The molecular formula is C24H49O6PS. The summed E-state index contributed by atoms with van der Waals surface area (Å²) in [4.78, 5) is 11.0. The van der Waals surface area contributed by atoms with Gasteiger partial charge < -0.3 is 9.63 Å². The third kappa shape index (κ3) is 18.2. The van der Waals surface area contributed by atoms with E-state index in [2.05, 4.69) is 18.4 Å². The Morgan fingerprint density at radius 1 is 0.844 bits per heavy atom. The van der Waals surface area contributed by atoms with Crippen molar-refractivity contribution in [1.29, 1.82) is 0 Å². The van der Waals surface area contributed by atoms with E-state index in [1.54, 1.807) is 0 Å². The van der Waals surface area contributed by atoms with Gasteiger partial charge in [0.2, 0.25) is 0 Å². The molecule has 0 saturated carbocycles. The van der Waals surface area contributed by atoms with Crippen LogP contribution in [-0.2, 0) is 18.1 Å². The molecule has 0 fully saturated rings. The SMILES string of the molecule is CCCCCCCCCCSC(CCCCCCC)C(C)OP(=O)(OCCC)OC(=O)O. The number of phosphoric acid groups is 1. The molecule has 6 nitrogen and oxygen atoms in total. The summed E-state index contributed by atoms with van der Waals surface area (Å²) < 4.78 is 28.1. The number of hydrogen-bond donors (Lipinski definition) is 1. The summed E-state index contributed by atoms with van der Waals surface area (Å²) in [6.45, 7) is 8.28. The molecule has 32 heavy (non-hydrogen) atoms. The Hall–Kier alpha value is -0.230. The molecule has 3 unspecified atom stereocenters. The lowest BCUT2D eigenvalue weighted by atomic mass is 10.1. The van der Waals surface area contributed by atoms with Gasteiger partial charge in [0.05, 0.1) is 12.7 Å². The standard InChI is InChI=1S/C24H49O6PS/c1-5-8-10-12-13-14-16-18-21-32-23(19-17-15-11-9-6-2)22(4)29-31(27,28-20-7-3)30-24(25)26/h22-23H,5-21H2,1-4H3,(H,25,26). The maximum absolute atomic E-state index is 12.8. The van der Waals surface area contributed by atoms with Crippen molar-refractivity contribution in [2.24, 2.45) is 0 Å². The van der Waals surface area contributed by atoms with Gasteiger partial charge in [-0.25, -0.2) is 9.36 Å². The fourth-order valence-electron chi connectivity index (χ4n) is 3.52. The van der Waals surface area contributed by atoms with Gasteiger partial charge in [-0.1, -0.05) is 97.8 Å². The smallest absolute Gasteiger partial charge is 0.449 e. The third-order valence-corrected chi connectivity index (χ3v) is 8.43. The molecule has 8 heteroatoms. The van der Waals surface area contributed by atoms with E-state index in [4.69, 9.17) is 14.2 Å². The Morgan fingerprint density at radius 2 is 1.38 bits per heavy atom. The summed E-state index contributed by atoms with van der Waals surface area (Å²) in [5, 5.41) is 9.09. The van der Waals surface area contributed by atoms with Gasteiger partial charge >= 0.3 is 14.0 Å². The number of thioether (sulfide) groups is 1. The lowest BCUT2D eigenvalue weighted by molar-refractivity contribution is 0.0764. The third-order valence-electron chi connectivity index (χ3n) is 5.38. The van der Waals surface area contributed by atoms with Crippen molar-refractivity contribution in [2.45, 2.75) is 135 Å². The number of unbranched alkanes of at least 4 members (excludes halogenated alkanes) is 11. The van der Waals surface area contributed by atoms with E-state index in [9.17, 15) is 9.36 Å². The molecule has 0 rings (SSSR count). The first-order chi connectivity index (χ1) is 15.4. The van der Waals surface area contributed by atoms with Gasteiger partial charge in [0.25, 0.3) is 0 Å². The minimum atomic E-state index is -4.13. The van der Waals surface area contributed by atoms with Crippen LogP contribution in [0.4, 0.5) is 4.79 Å². The molecule has 0 aliphatic carbocycles. The van der Waals surface area contributed by atoms with Crippen molar-refractivity contribution in [3.05, 3.63) is 0 Å². The highest BCUT2D eigenvalue weighted by molar-refractivity contribution is 7.99. The van der Waals surface area contributed by atoms with Gasteiger partial charge in [0, 0.05) is 5.25 Å². The first-order valence-corrected chi connectivity index (χ1v) is 15.4. The van der Waals surface area contributed by atoms with E-state index in [0.717, 1.165) is 25.0 Å². The van der Waals surface area contributed by atoms with E-state index in [1.165, 1.54) is 70.6 Å². The number of carboxylic acid groups (broad SMARTS) is 1. The minimum absolute atomic E-state index is 0.129. The van der Waals surface area contributed by atoms with Crippen molar-refractivity contribution in [1.82, 2.24) is 0 Å². The average Bonchev–Trinajstić information content (AvgIpc) is 2.74. The van der Waals surface area contributed by atoms with E-state index in [1.807, 2.05) is 25.6 Å². The van der Waals surface area contributed by atoms with Crippen LogP contribution in [0.5, 0.6) is 0 Å². The second-order valence-corrected chi connectivity index (χ2v) is 11.4. The molecule has 192 valence electrons. The van der Waals surface area contributed by atoms with Crippen LogP contribution in [0.3, 0.4) is 0 Å². The van der Waals surface area contributed by atoms with Gasteiger partial charge in [-0.05, 0) is 31.9 Å². The first kappa shape index (κ1) is 31.8. The Morgan fingerprint density at radius 3 is 1.91 bits per heavy atom. The molecule has 0 amide bonds. The summed E-state index contributed by atoms with van der Waals surface area (Å²) in [7, 11) is -4.13. The van der Waals surface area contributed by atoms with E-state index in [-0.39, 0.29) is 11.9 Å². The van der Waals surface area contributed by atoms with Gasteiger partial charge in [-0.15, -0.1) is 0 Å². The molecule has 0 aliphatic rings. The van der Waals surface area contributed by atoms with Crippen LogP contribution in [0.2, 0.25) is 0 Å². The Balaban J connectivity index is 4.62. The highest BCUT2D eigenvalue weighted by Crippen LogP contribution is 2.52. The van der Waals surface area contributed by atoms with Crippen LogP contribution in [0.25, 0.3) is 0 Å². The summed E-state index contributed by atoms with van der Waals surface area (Å²) >= 11 is 1.84. The second-order valence-electron chi connectivity index (χ2n) is 8.54. The zero-order valence-electron chi connectivity index (χ0n) is 21.0. The summed E-state index contributed by atoms with van der Waals surface area (Å²) in [6, 6.07) is 0. The number of rotatable bonds is 23. The normalized spacial score (nSPS) is 15.2. The number of phosphoric ester groups is 1. The largest absolute Gasteiger partial charge is 0.534 e. The molecule has 0 saturated heterocycles. The maximum atomic E-state index is 12.8. The zero-order chi connectivity index (χ0) is 24.1. The predicted molar refractivity (Wildman–Crippen MR) is 136 cm³/mol. The Bertz CT molecular complexity index is 491. The molecule has 0 aliphatic heterocycles. The number of carbonyl (C=O) groups is 1. The molecule has 0 radical (unpaired) electrons. The maximum Gasteiger partial charge on any atom is 0.534 e. The second kappa shape index (κ2) is 21.3. The highest BCUT2D eigenvalue weighted by Gasteiger charge is 2.35. The summed E-state index contributed by atoms with van der Waals surface area (Å²) in [5.41, 5.74) is 0. The van der Waals surface area contributed by atoms with Crippen LogP contribution in [0, 0.1) is 0 Å². The predicted octanol–water partition coefficient (Wildman–Crippen LogP) is 9.22. The summed E-state index contributed by atoms with van der Waals surface area (Å²) in [5.74, 6) is 1.03. The minimum Gasteiger partial charge on any atom is -0.449 e. The highest BCUT2D eigenvalue weighted by atomic mass is 32.2. The zero-order valence-corrected chi connectivity index (χ0v) is 22.7. The molecule has 0 aromatic rings. The monoisotopic (exact) mass is 496 g/mol. The summed E-state index contributed by atoms with van der Waals surface area (Å²) in [6.07, 6.45) is 15.7. The van der Waals surface area contributed by atoms with E-state index >= 15 is 0 Å². The molecule has 1 N–H and O–H groups in total. The molecular weight excluding hydrogens is 447 g/mol.